The van der Waals surface area contributed by atoms with Gasteiger partial charge in [-0.3, -0.25) is 4.79 Å². The zero-order chi connectivity index (χ0) is 13.3. The molecule has 1 aromatic carbocycles. The molecule has 1 fully saturated rings. The van der Waals surface area contributed by atoms with Crippen LogP contribution in [0.15, 0.2) is 16.6 Å². The molecule has 1 aliphatic heterocycles. The summed E-state index contributed by atoms with van der Waals surface area (Å²) >= 11 is 3.05. The lowest BCUT2D eigenvalue weighted by Gasteiger charge is -2.30. The van der Waals surface area contributed by atoms with E-state index in [2.05, 4.69) is 15.9 Å². The van der Waals surface area contributed by atoms with Gasteiger partial charge in [0.1, 0.15) is 0 Å². The van der Waals surface area contributed by atoms with Gasteiger partial charge in [0, 0.05) is 17.6 Å². The Morgan fingerprint density at radius 2 is 2.06 bits per heavy atom. The summed E-state index contributed by atoms with van der Waals surface area (Å²) in [4.78, 5) is 13.6. The zero-order valence-corrected chi connectivity index (χ0v) is 11.1. The highest BCUT2D eigenvalue weighted by Crippen LogP contribution is 2.23. The molecule has 0 saturated carbocycles. The lowest BCUT2D eigenvalue weighted by molar-refractivity contribution is 0.0472. The second-order valence-electron chi connectivity index (χ2n) is 4.29. The van der Waals surface area contributed by atoms with E-state index >= 15 is 0 Å². The maximum absolute atomic E-state index is 13.1. The quantitative estimate of drug-likeness (QED) is 0.807. The fraction of sp³-hybridized carbons (Fsp3) is 0.417. The van der Waals surface area contributed by atoms with Crippen molar-refractivity contribution in [2.45, 2.75) is 18.9 Å². The predicted molar refractivity (Wildman–Crippen MR) is 65.2 cm³/mol. The fourth-order valence-electron chi connectivity index (χ4n) is 2.00. The monoisotopic (exact) mass is 319 g/mol. The van der Waals surface area contributed by atoms with Gasteiger partial charge in [-0.2, -0.15) is 0 Å². The van der Waals surface area contributed by atoms with Crippen molar-refractivity contribution in [2.75, 3.05) is 13.1 Å². The summed E-state index contributed by atoms with van der Waals surface area (Å²) in [7, 11) is 0. The van der Waals surface area contributed by atoms with Crippen molar-refractivity contribution in [3.8, 4) is 0 Å². The van der Waals surface area contributed by atoms with Crippen LogP contribution in [-0.4, -0.2) is 35.1 Å². The van der Waals surface area contributed by atoms with Crippen LogP contribution in [0.25, 0.3) is 0 Å². The number of carbonyl (C=O) groups is 1. The average molecular weight is 320 g/mol. The number of carbonyl (C=O) groups excluding carboxylic acids is 1. The molecule has 1 unspecified atom stereocenters. The Bertz CT molecular complexity index is 481. The fourth-order valence-corrected chi connectivity index (χ4v) is 2.48. The summed E-state index contributed by atoms with van der Waals surface area (Å²) in [6.07, 6.45) is 0.809. The van der Waals surface area contributed by atoms with Gasteiger partial charge < -0.3 is 10.0 Å². The lowest BCUT2D eigenvalue weighted by atomic mass is 10.1. The van der Waals surface area contributed by atoms with E-state index in [9.17, 15) is 18.7 Å². The molecule has 1 atom stereocenters. The third-order valence-electron chi connectivity index (χ3n) is 2.92. The minimum atomic E-state index is -1.06. The maximum Gasteiger partial charge on any atom is 0.255 e. The molecule has 1 N–H and O–H groups in total. The first-order valence-corrected chi connectivity index (χ1v) is 6.40. The zero-order valence-electron chi connectivity index (χ0n) is 9.50. The molecule has 1 aliphatic rings. The average Bonchev–Trinajstić information content (AvgIpc) is 2.33. The number of aliphatic hydroxyl groups excluding tert-OH is 1. The Morgan fingerprint density at radius 1 is 1.39 bits per heavy atom. The Morgan fingerprint density at radius 3 is 2.72 bits per heavy atom. The van der Waals surface area contributed by atoms with Crippen LogP contribution in [0.2, 0.25) is 0 Å². The molecule has 0 aliphatic carbocycles. The number of rotatable bonds is 1. The second kappa shape index (κ2) is 5.32. The van der Waals surface area contributed by atoms with Gasteiger partial charge in [-0.15, -0.1) is 0 Å². The summed E-state index contributed by atoms with van der Waals surface area (Å²) in [6.45, 7) is 0.742. The normalized spacial score (nSPS) is 20.0. The first-order chi connectivity index (χ1) is 8.49. The number of β-amino-alcohol motifs (C(OH)–C–C–N with tert-alkyl or cyclic N) is 1. The van der Waals surface area contributed by atoms with Gasteiger partial charge in [0.15, 0.2) is 11.6 Å². The minimum absolute atomic E-state index is 0.0722. The SMILES string of the molecule is O=C(c1cc(F)c(F)cc1Br)N1CCCC(O)C1. The summed E-state index contributed by atoms with van der Waals surface area (Å²) in [5.74, 6) is -2.46. The van der Waals surface area contributed by atoms with Crippen LogP contribution in [0.4, 0.5) is 8.78 Å². The van der Waals surface area contributed by atoms with E-state index in [-0.39, 0.29) is 16.6 Å². The Balaban J connectivity index is 2.25. The second-order valence-corrected chi connectivity index (χ2v) is 5.15. The predicted octanol–water partition coefficient (Wildman–Crippen LogP) is 2.32. The largest absolute Gasteiger partial charge is 0.391 e. The van der Waals surface area contributed by atoms with Crippen molar-refractivity contribution < 1.29 is 18.7 Å². The molecular formula is C12H12BrF2NO2. The Hall–Kier alpha value is -1.01. The van der Waals surface area contributed by atoms with Gasteiger partial charge in [0.05, 0.1) is 11.7 Å². The molecule has 0 spiro atoms. The van der Waals surface area contributed by atoms with Crippen LogP contribution in [-0.2, 0) is 0 Å². The van der Waals surface area contributed by atoms with E-state index in [0.717, 1.165) is 12.1 Å². The smallest absolute Gasteiger partial charge is 0.255 e. The summed E-state index contributed by atoms with van der Waals surface area (Å²) in [5, 5.41) is 9.50. The van der Waals surface area contributed by atoms with E-state index < -0.39 is 23.6 Å². The first-order valence-electron chi connectivity index (χ1n) is 5.61. The van der Waals surface area contributed by atoms with Gasteiger partial charge >= 0.3 is 0 Å². The van der Waals surface area contributed by atoms with E-state index in [1.807, 2.05) is 0 Å². The highest BCUT2D eigenvalue weighted by molar-refractivity contribution is 9.10. The van der Waals surface area contributed by atoms with Gasteiger partial charge in [-0.05, 0) is 40.9 Å². The molecule has 98 valence electrons. The van der Waals surface area contributed by atoms with Gasteiger partial charge in [-0.25, -0.2) is 8.78 Å². The van der Waals surface area contributed by atoms with Crippen molar-refractivity contribution in [1.29, 1.82) is 0 Å². The molecule has 2 rings (SSSR count). The van der Waals surface area contributed by atoms with Crippen LogP contribution >= 0.6 is 15.9 Å². The molecule has 1 saturated heterocycles. The van der Waals surface area contributed by atoms with E-state index in [4.69, 9.17) is 0 Å². The number of amides is 1. The van der Waals surface area contributed by atoms with Crippen molar-refractivity contribution in [1.82, 2.24) is 4.90 Å². The third kappa shape index (κ3) is 2.70. The molecule has 3 nitrogen and oxygen atoms in total. The van der Waals surface area contributed by atoms with Crippen molar-refractivity contribution in [2.24, 2.45) is 0 Å². The number of likely N-dealkylation sites (tertiary alicyclic amines) is 1. The van der Waals surface area contributed by atoms with Crippen molar-refractivity contribution in [3.63, 3.8) is 0 Å². The van der Waals surface area contributed by atoms with Crippen LogP contribution in [0.5, 0.6) is 0 Å². The first kappa shape index (κ1) is 13.4. The minimum Gasteiger partial charge on any atom is -0.391 e. The van der Waals surface area contributed by atoms with Crippen LogP contribution in [0, 0.1) is 11.6 Å². The third-order valence-corrected chi connectivity index (χ3v) is 3.58. The van der Waals surface area contributed by atoms with E-state index in [1.54, 1.807) is 0 Å². The van der Waals surface area contributed by atoms with Crippen LogP contribution in [0.1, 0.15) is 23.2 Å². The van der Waals surface area contributed by atoms with Gasteiger partial charge in [0.25, 0.3) is 5.91 Å². The van der Waals surface area contributed by atoms with E-state index in [0.29, 0.717) is 19.4 Å². The number of halogens is 3. The van der Waals surface area contributed by atoms with Gasteiger partial charge in [0.2, 0.25) is 0 Å². The van der Waals surface area contributed by atoms with Crippen molar-refractivity contribution >= 4 is 21.8 Å². The molecule has 1 aromatic rings. The van der Waals surface area contributed by atoms with E-state index in [1.165, 1.54) is 4.90 Å². The number of piperidine rings is 1. The summed E-state index contributed by atoms with van der Waals surface area (Å²) in [6, 6.07) is 1.81. The molecule has 1 heterocycles. The van der Waals surface area contributed by atoms with Crippen molar-refractivity contribution in [3.05, 3.63) is 33.8 Å². The number of hydrogen-bond donors (Lipinski definition) is 1. The number of nitrogens with zero attached hydrogens (tertiary/aromatic N) is 1. The molecule has 0 aromatic heterocycles. The summed E-state index contributed by atoms with van der Waals surface area (Å²) in [5.41, 5.74) is 0.0722. The maximum atomic E-state index is 13.1. The molecule has 1 amide bonds. The Labute approximate surface area is 112 Å². The summed E-state index contributed by atoms with van der Waals surface area (Å²) < 4.78 is 26.3. The molecule has 18 heavy (non-hydrogen) atoms. The number of hydrogen-bond acceptors (Lipinski definition) is 2. The van der Waals surface area contributed by atoms with Gasteiger partial charge in [-0.1, -0.05) is 0 Å². The molecule has 0 bridgehead atoms. The molecule has 6 heteroatoms. The Kier molecular flexibility index (Phi) is 3.97. The highest BCUT2D eigenvalue weighted by Gasteiger charge is 2.25. The molecule has 0 radical (unpaired) electrons. The van der Waals surface area contributed by atoms with Crippen LogP contribution < -0.4 is 0 Å². The molecular weight excluding hydrogens is 308 g/mol. The standard InChI is InChI=1S/C12H12BrF2NO2/c13-9-5-11(15)10(14)4-8(9)12(18)16-3-1-2-7(17)6-16/h4-5,7,17H,1-3,6H2. The van der Waals surface area contributed by atoms with Crippen LogP contribution in [0.3, 0.4) is 0 Å². The highest BCUT2D eigenvalue weighted by atomic mass is 79.9. The number of aliphatic hydroxyl groups is 1. The lowest BCUT2D eigenvalue weighted by Crippen LogP contribution is -2.42. The number of benzene rings is 1. The topological polar surface area (TPSA) is 40.5 Å².